The van der Waals surface area contributed by atoms with E-state index in [0.717, 1.165) is 4.57 Å². The minimum Gasteiger partial charge on any atom is -0.383 e. The third-order valence-corrected chi connectivity index (χ3v) is 4.20. The Morgan fingerprint density at radius 2 is 2.00 bits per heavy atom. The fourth-order valence-corrected chi connectivity index (χ4v) is 2.80. The van der Waals surface area contributed by atoms with Gasteiger partial charge in [0.05, 0.1) is 11.8 Å². The first kappa shape index (κ1) is 19.1. The van der Waals surface area contributed by atoms with Crippen LogP contribution in [0.2, 0.25) is 0 Å². The number of nitrogens with zero attached hydrogens (tertiary/aromatic N) is 5. The van der Waals surface area contributed by atoms with Gasteiger partial charge in [-0.1, -0.05) is 13.0 Å². The summed E-state index contributed by atoms with van der Waals surface area (Å²) in [5.41, 5.74) is 4.97. The molecule has 3 aromatic heterocycles. The van der Waals surface area contributed by atoms with Gasteiger partial charge in [0.15, 0.2) is 5.82 Å². The van der Waals surface area contributed by atoms with Crippen LogP contribution < -0.4 is 22.3 Å². The molecule has 3 rings (SSSR count). The molecule has 3 aromatic rings. The summed E-state index contributed by atoms with van der Waals surface area (Å²) in [7, 11) is 0. The average Bonchev–Trinajstić information content (AvgIpc) is 3.20. The van der Waals surface area contributed by atoms with E-state index in [2.05, 4.69) is 15.4 Å². The van der Waals surface area contributed by atoms with Crippen molar-refractivity contribution in [3.05, 3.63) is 63.2 Å². The maximum absolute atomic E-state index is 12.7. The number of pyridine rings is 1. The van der Waals surface area contributed by atoms with E-state index >= 15 is 0 Å². The number of hydrogen-bond acceptors (Lipinski definition) is 6. The zero-order valence-electron chi connectivity index (χ0n) is 15.6. The molecule has 28 heavy (non-hydrogen) atoms. The highest BCUT2D eigenvalue weighted by Gasteiger charge is 2.19. The number of amides is 1. The molecular formula is C18H21N7O3. The lowest BCUT2D eigenvalue weighted by molar-refractivity contribution is 0.102. The Morgan fingerprint density at radius 3 is 2.64 bits per heavy atom. The van der Waals surface area contributed by atoms with Gasteiger partial charge in [0.2, 0.25) is 0 Å². The number of anilines is 2. The number of nitrogen functional groups attached to an aromatic ring is 1. The number of nitrogens with one attached hydrogen (secondary N) is 1. The van der Waals surface area contributed by atoms with Crippen molar-refractivity contribution < 1.29 is 4.79 Å². The highest BCUT2D eigenvalue weighted by atomic mass is 16.2. The predicted octanol–water partition coefficient (Wildman–Crippen LogP) is 0.855. The molecule has 0 saturated heterocycles. The SMILES string of the molecule is CCCn1c(=O)c(NC(=O)c2cnn(-c3ccccn3)c2)c(N)n(CC)c1=O. The van der Waals surface area contributed by atoms with Crippen molar-refractivity contribution in [1.29, 1.82) is 0 Å². The molecule has 10 nitrogen and oxygen atoms in total. The van der Waals surface area contributed by atoms with E-state index in [1.807, 2.05) is 6.92 Å². The van der Waals surface area contributed by atoms with Crippen LogP contribution in [0.25, 0.3) is 5.82 Å². The van der Waals surface area contributed by atoms with Gasteiger partial charge in [-0.3, -0.25) is 18.7 Å². The van der Waals surface area contributed by atoms with Gasteiger partial charge >= 0.3 is 5.69 Å². The lowest BCUT2D eigenvalue weighted by Crippen LogP contribution is -2.42. The van der Waals surface area contributed by atoms with Crippen LogP contribution in [0.15, 0.2) is 46.4 Å². The Balaban J connectivity index is 1.97. The van der Waals surface area contributed by atoms with Gasteiger partial charge in [0.1, 0.15) is 11.5 Å². The maximum atomic E-state index is 12.7. The lowest BCUT2D eigenvalue weighted by atomic mass is 10.3. The van der Waals surface area contributed by atoms with Crippen molar-refractivity contribution in [2.45, 2.75) is 33.4 Å². The number of rotatable bonds is 6. The molecule has 0 aliphatic carbocycles. The van der Waals surface area contributed by atoms with E-state index in [1.54, 1.807) is 31.3 Å². The second-order valence-electron chi connectivity index (χ2n) is 6.06. The molecule has 0 atom stereocenters. The molecule has 0 unspecified atom stereocenters. The van der Waals surface area contributed by atoms with E-state index in [-0.39, 0.29) is 30.2 Å². The zero-order chi connectivity index (χ0) is 20.3. The van der Waals surface area contributed by atoms with E-state index in [9.17, 15) is 14.4 Å². The smallest absolute Gasteiger partial charge is 0.332 e. The molecule has 0 aromatic carbocycles. The minimum atomic E-state index is -0.625. The molecular weight excluding hydrogens is 362 g/mol. The van der Waals surface area contributed by atoms with Crippen molar-refractivity contribution >= 4 is 17.4 Å². The van der Waals surface area contributed by atoms with Crippen molar-refractivity contribution in [3.8, 4) is 5.82 Å². The van der Waals surface area contributed by atoms with Crippen LogP contribution in [0.4, 0.5) is 11.5 Å². The average molecular weight is 383 g/mol. The van der Waals surface area contributed by atoms with E-state index in [1.165, 1.54) is 21.6 Å². The maximum Gasteiger partial charge on any atom is 0.332 e. The van der Waals surface area contributed by atoms with Crippen LogP contribution in [0.5, 0.6) is 0 Å². The number of hydrogen-bond donors (Lipinski definition) is 2. The summed E-state index contributed by atoms with van der Waals surface area (Å²) >= 11 is 0. The normalized spacial score (nSPS) is 10.8. The molecule has 0 spiro atoms. The molecule has 3 N–H and O–H groups in total. The third kappa shape index (κ3) is 3.43. The third-order valence-electron chi connectivity index (χ3n) is 4.20. The second kappa shape index (κ2) is 7.91. The second-order valence-corrected chi connectivity index (χ2v) is 6.06. The summed E-state index contributed by atoms with van der Waals surface area (Å²) < 4.78 is 3.78. The summed E-state index contributed by atoms with van der Waals surface area (Å²) in [5, 5.41) is 6.64. The van der Waals surface area contributed by atoms with Gasteiger partial charge in [0.25, 0.3) is 11.5 Å². The summed E-state index contributed by atoms with van der Waals surface area (Å²) in [5.74, 6) is -0.0865. The van der Waals surface area contributed by atoms with E-state index in [0.29, 0.717) is 12.2 Å². The summed E-state index contributed by atoms with van der Waals surface area (Å²) in [6.07, 6.45) is 5.06. The molecule has 146 valence electrons. The van der Waals surface area contributed by atoms with Crippen molar-refractivity contribution in [3.63, 3.8) is 0 Å². The highest BCUT2D eigenvalue weighted by Crippen LogP contribution is 2.13. The van der Waals surface area contributed by atoms with Crippen LogP contribution in [-0.2, 0) is 13.1 Å². The van der Waals surface area contributed by atoms with Crippen LogP contribution >= 0.6 is 0 Å². The molecule has 0 radical (unpaired) electrons. The fraction of sp³-hybridized carbons (Fsp3) is 0.278. The number of carbonyl (C=O) groups is 1. The standard InChI is InChI=1S/C18H21N7O3/c1-3-9-24-17(27)14(15(19)23(4-2)18(24)28)22-16(26)12-10-21-25(11-12)13-7-5-6-8-20-13/h5-8,10-11H,3-4,9,19H2,1-2H3,(H,22,26). The van der Waals surface area contributed by atoms with Crippen molar-refractivity contribution in [2.24, 2.45) is 0 Å². The molecule has 0 saturated carbocycles. The minimum absolute atomic E-state index is 0.0738. The first-order valence-electron chi connectivity index (χ1n) is 8.88. The molecule has 3 heterocycles. The summed E-state index contributed by atoms with van der Waals surface area (Å²) in [4.78, 5) is 41.9. The molecule has 0 fully saturated rings. The van der Waals surface area contributed by atoms with Gasteiger partial charge in [-0.25, -0.2) is 14.5 Å². The predicted molar refractivity (Wildman–Crippen MR) is 105 cm³/mol. The van der Waals surface area contributed by atoms with E-state index < -0.39 is 17.2 Å². The summed E-state index contributed by atoms with van der Waals surface area (Å²) in [6.45, 7) is 4.09. The number of carbonyl (C=O) groups excluding carboxylic acids is 1. The van der Waals surface area contributed by atoms with Crippen LogP contribution in [0.3, 0.4) is 0 Å². The zero-order valence-corrected chi connectivity index (χ0v) is 15.6. The fourth-order valence-electron chi connectivity index (χ4n) is 2.80. The van der Waals surface area contributed by atoms with Gasteiger partial charge in [-0.05, 0) is 25.5 Å². The van der Waals surface area contributed by atoms with Gasteiger partial charge in [-0.15, -0.1) is 0 Å². The topological polar surface area (TPSA) is 130 Å². The lowest BCUT2D eigenvalue weighted by Gasteiger charge is -2.15. The first-order valence-corrected chi connectivity index (χ1v) is 8.88. The van der Waals surface area contributed by atoms with Crippen molar-refractivity contribution in [2.75, 3.05) is 11.1 Å². The Morgan fingerprint density at radius 1 is 1.21 bits per heavy atom. The Hall–Kier alpha value is -3.69. The molecule has 1 amide bonds. The molecule has 0 aliphatic heterocycles. The molecule has 0 bridgehead atoms. The Bertz CT molecular complexity index is 1110. The Kier molecular flexibility index (Phi) is 5.39. The molecule has 10 heteroatoms. The van der Waals surface area contributed by atoms with E-state index in [4.69, 9.17) is 5.73 Å². The highest BCUT2D eigenvalue weighted by molar-refractivity contribution is 6.05. The van der Waals surface area contributed by atoms with Crippen LogP contribution in [0.1, 0.15) is 30.6 Å². The van der Waals surface area contributed by atoms with Crippen LogP contribution in [0, 0.1) is 0 Å². The Labute approximate surface area is 160 Å². The quantitative estimate of drug-likeness (QED) is 0.649. The van der Waals surface area contributed by atoms with Crippen molar-refractivity contribution in [1.82, 2.24) is 23.9 Å². The first-order chi connectivity index (χ1) is 13.5. The van der Waals surface area contributed by atoms with Crippen LogP contribution in [-0.4, -0.2) is 29.8 Å². The molecule has 0 aliphatic rings. The number of nitrogens with two attached hydrogens (primary N) is 1. The monoisotopic (exact) mass is 383 g/mol. The van der Waals surface area contributed by atoms with Gasteiger partial charge < -0.3 is 11.1 Å². The largest absolute Gasteiger partial charge is 0.383 e. The van der Waals surface area contributed by atoms with Gasteiger partial charge in [-0.2, -0.15) is 5.10 Å². The van der Waals surface area contributed by atoms with Gasteiger partial charge in [0, 0.05) is 25.5 Å². The summed E-state index contributed by atoms with van der Waals surface area (Å²) in [6, 6.07) is 5.31. The number of aromatic nitrogens is 5.